The van der Waals surface area contributed by atoms with E-state index in [0.717, 1.165) is 30.0 Å². The fourth-order valence-electron chi connectivity index (χ4n) is 1.81. The van der Waals surface area contributed by atoms with Gasteiger partial charge in [-0.15, -0.1) is 0 Å². The van der Waals surface area contributed by atoms with Gasteiger partial charge in [0.2, 0.25) is 5.91 Å². The normalized spacial score (nSPS) is 16.5. The number of amides is 1. The maximum atomic E-state index is 11.8. The molecule has 0 spiro atoms. The molecule has 0 atom stereocenters. The molecule has 88 valence electrons. The van der Waals surface area contributed by atoms with E-state index in [0.29, 0.717) is 5.46 Å². The van der Waals surface area contributed by atoms with Crippen LogP contribution in [0.25, 0.3) is 0 Å². The molecule has 17 heavy (non-hydrogen) atoms. The molecule has 0 aromatic heterocycles. The second-order valence-corrected chi connectivity index (χ2v) is 5.35. The predicted octanol–water partition coefficient (Wildman–Crippen LogP) is 1.07. The second kappa shape index (κ2) is 6.01. The molecule has 1 heterocycles. The van der Waals surface area contributed by atoms with Crippen molar-refractivity contribution in [3.05, 3.63) is 24.3 Å². The molecule has 3 nitrogen and oxygen atoms in total. The molecule has 5 heteroatoms. The Morgan fingerprint density at radius 2 is 2.12 bits per heavy atom. The number of hydrazine groups is 1. The van der Waals surface area contributed by atoms with Gasteiger partial charge < -0.3 is 0 Å². The summed E-state index contributed by atoms with van der Waals surface area (Å²) >= 11 is 1.92. The first-order valence-electron chi connectivity index (χ1n) is 5.75. The average molecular weight is 246 g/mol. The smallest absolute Gasteiger partial charge is 0.241 e. The van der Waals surface area contributed by atoms with Crippen LogP contribution in [0.3, 0.4) is 0 Å². The van der Waals surface area contributed by atoms with Crippen LogP contribution in [0, 0.1) is 5.92 Å². The van der Waals surface area contributed by atoms with Crippen LogP contribution in [0.4, 0.5) is 5.69 Å². The lowest BCUT2D eigenvalue weighted by Crippen LogP contribution is -2.36. The quantitative estimate of drug-likeness (QED) is 0.619. The van der Waals surface area contributed by atoms with Crippen molar-refractivity contribution in [1.82, 2.24) is 5.43 Å². The van der Waals surface area contributed by atoms with Gasteiger partial charge in [0.25, 0.3) is 0 Å². The highest BCUT2D eigenvalue weighted by Crippen LogP contribution is 2.22. The third kappa shape index (κ3) is 3.70. The van der Waals surface area contributed by atoms with Crippen molar-refractivity contribution < 1.29 is 4.79 Å². The fraction of sp³-hybridized carbons (Fsp3) is 0.417. The molecule has 1 aliphatic heterocycles. The average Bonchev–Trinajstić information content (AvgIpc) is 2.37. The SMILES string of the molecule is [B]c1cccc(NNC(=O)C2CCSCC2)c1. The molecule has 0 saturated carbocycles. The third-order valence-electron chi connectivity index (χ3n) is 2.81. The van der Waals surface area contributed by atoms with Crippen LogP contribution in [-0.4, -0.2) is 25.3 Å². The van der Waals surface area contributed by atoms with Gasteiger partial charge in [0.05, 0.1) is 5.69 Å². The lowest BCUT2D eigenvalue weighted by Gasteiger charge is -2.21. The highest BCUT2D eigenvalue weighted by atomic mass is 32.2. The van der Waals surface area contributed by atoms with Crippen LogP contribution in [-0.2, 0) is 4.79 Å². The minimum Gasteiger partial charge on any atom is -0.299 e. The lowest BCUT2D eigenvalue weighted by molar-refractivity contribution is -0.124. The summed E-state index contributed by atoms with van der Waals surface area (Å²) in [5.41, 5.74) is 7.13. The van der Waals surface area contributed by atoms with Gasteiger partial charge in [0.1, 0.15) is 7.85 Å². The van der Waals surface area contributed by atoms with Gasteiger partial charge in [0, 0.05) is 5.92 Å². The first-order valence-corrected chi connectivity index (χ1v) is 6.90. The van der Waals surface area contributed by atoms with Gasteiger partial charge in [0.15, 0.2) is 0 Å². The zero-order valence-corrected chi connectivity index (χ0v) is 10.4. The molecule has 1 fully saturated rings. The molecule has 0 unspecified atom stereocenters. The zero-order chi connectivity index (χ0) is 12.1. The largest absolute Gasteiger partial charge is 0.299 e. The summed E-state index contributed by atoms with van der Waals surface area (Å²) in [5.74, 6) is 2.38. The Morgan fingerprint density at radius 1 is 1.35 bits per heavy atom. The lowest BCUT2D eigenvalue weighted by atomic mass is 9.96. The molecule has 0 bridgehead atoms. The molecule has 1 saturated heterocycles. The fourth-order valence-corrected chi connectivity index (χ4v) is 2.92. The molecule has 1 aromatic carbocycles. The summed E-state index contributed by atoms with van der Waals surface area (Å²) in [6, 6.07) is 7.32. The van der Waals surface area contributed by atoms with Crippen LogP contribution in [0.1, 0.15) is 12.8 Å². The van der Waals surface area contributed by atoms with E-state index in [1.165, 1.54) is 0 Å². The van der Waals surface area contributed by atoms with Crippen molar-refractivity contribution >= 4 is 36.7 Å². The Labute approximate surface area is 107 Å². The van der Waals surface area contributed by atoms with E-state index in [1.54, 1.807) is 6.07 Å². The standard InChI is InChI=1S/C12H15BN2OS/c13-10-2-1-3-11(8-10)14-15-12(16)9-4-6-17-7-5-9/h1-3,8-9,14H,4-7H2,(H,15,16). The molecule has 0 aliphatic carbocycles. The van der Waals surface area contributed by atoms with Gasteiger partial charge in [-0.25, -0.2) is 0 Å². The summed E-state index contributed by atoms with van der Waals surface area (Å²) in [7, 11) is 5.65. The van der Waals surface area contributed by atoms with Gasteiger partial charge in [-0.2, -0.15) is 11.8 Å². The highest BCUT2D eigenvalue weighted by Gasteiger charge is 2.20. The number of rotatable bonds is 3. The van der Waals surface area contributed by atoms with E-state index in [1.807, 2.05) is 30.0 Å². The summed E-state index contributed by atoms with van der Waals surface area (Å²) in [4.78, 5) is 11.8. The van der Waals surface area contributed by atoms with Crippen LogP contribution in [0.15, 0.2) is 24.3 Å². The van der Waals surface area contributed by atoms with Crippen molar-refractivity contribution in [2.75, 3.05) is 16.9 Å². The van der Waals surface area contributed by atoms with Gasteiger partial charge in [-0.05, 0) is 36.5 Å². The van der Waals surface area contributed by atoms with Crippen LogP contribution >= 0.6 is 11.8 Å². The Hall–Kier alpha value is -1.10. The van der Waals surface area contributed by atoms with Crippen molar-refractivity contribution in [1.29, 1.82) is 0 Å². The predicted molar refractivity (Wildman–Crippen MR) is 73.6 cm³/mol. The molecular weight excluding hydrogens is 231 g/mol. The maximum absolute atomic E-state index is 11.8. The summed E-state index contributed by atoms with van der Waals surface area (Å²) in [5, 5.41) is 0. The van der Waals surface area contributed by atoms with E-state index in [2.05, 4.69) is 10.9 Å². The Morgan fingerprint density at radius 3 is 2.82 bits per heavy atom. The zero-order valence-electron chi connectivity index (χ0n) is 9.61. The summed E-state index contributed by atoms with van der Waals surface area (Å²) in [6.45, 7) is 0. The Balaban J connectivity index is 1.83. The number of hydrogen-bond acceptors (Lipinski definition) is 3. The summed E-state index contributed by atoms with van der Waals surface area (Å²) in [6.07, 6.45) is 1.93. The van der Waals surface area contributed by atoms with Crippen LogP contribution < -0.4 is 16.3 Å². The van der Waals surface area contributed by atoms with E-state index >= 15 is 0 Å². The van der Waals surface area contributed by atoms with Gasteiger partial charge in [-0.1, -0.05) is 17.6 Å². The van der Waals surface area contributed by atoms with E-state index in [9.17, 15) is 4.79 Å². The molecule has 2 rings (SSSR count). The Kier molecular flexibility index (Phi) is 4.37. The van der Waals surface area contributed by atoms with Crippen molar-refractivity contribution in [2.45, 2.75) is 12.8 Å². The highest BCUT2D eigenvalue weighted by molar-refractivity contribution is 7.99. The molecular formula is C12H15BN2OS. The minimum absolute atomic E-state index is 0.0766. The second-order valence-electron chi connectivity index (χ2n) is 4.13. The minimum atomic E-state index is 0.0766. The maximum Gasteiger partial charge on any atom is 0.241 e. The molecule has 2 radical (unpaired) electrons. The number of benzene rings is 1. The van der Waals surface area contributed by atoms with Crippen molar-refractivity contribution in [2.24, 2.45) is 5.92 Å². The number of carbonyl (C=O) groups excluding carboxylic acids is 1. The molecule has 1 aliphatic rings. The van der Waals surface area contributed by atoms with Crippen molar-refractivity contribution in [3.8, 4) is 0 Å². The summed E-state index contributed by atoms with van der Waals surface area (Å²) < 4.78 is 0. The third-order valence-corrected chi connectivity index (χ3v) is 3.86. The molecule has 1 aromatic rings. The number of anilines is 1. The van der Waals surface area contributed by atoms with E-state index in [-0.39, 0.29) is 11.8 Å². The van der Waals surface area contributed by atoms with Crippen molar-refractivity contribution in [3.63, 3.8) is 0 Å². The van der Waals surface area contributed by atoms with Crippen LogP contribution in [0.2, 0.25) is 0 Å². The topological polar surface area (TPSA) is 41.1 Å². The number of nitrogens with one attached hydrogen (secondary N) is 2. The first-order chi connectivity index (χ1) is 8.25. The van der Waals surface area contributed by atoms with Crippen LogP contribution in [0.5, 0.6) is 0 Å². The molecule has 2 N–H and O–H groups in total. The first kappa shape index (κ1) is 12.4. The number of thioether (sulfide) groups is 1. The Bertz CT molecular complexity index is 394. The number of hydrogen-bond donors (Lipinski definition) is 2. The van der Waals surface area contributed by atoms with Gasteiger partial charge >= 0.3 is 0 Å². The molecule has 1 amide bonds. The monoisotopic (exact) mass is 246 g/mol. The van der Waals surface area contributed by atoms with Gasteiger partial charge in [-0.3, -0.25) is 15.6 Å². The van der Waals surface area contributed by atoms with E-state index in [4.69, 9.17) is 7.85 Å². The van der Waals surface area contributed by atoms with E-state index < -0.39 is 0 Å². The number of carbonyl (C=O) groups is 1.